The Morgan fingerprint density at radius 3 is 1.89 bits per heavy atom. The fourth-order valence-corrected chi connectivity index (χ4v) is 7.81. The van der Waals surface area contributed by atoms with E-state index in [1.165, 1.54) is 45.7 Å². The summed E-state index contributed by atoms with van der Waals surface area (Å²) in [7, 11) is 0. The van der Waals surface area contributed by atoms with Crippen LogP contribution in [0.4, 0.5) is 0 Å². The number of aromatic nitrogens is 3. The number of hydrogen-bond donors (Lipinski definition) is 0. The Morgan fingerprint density at radius 2 is 1.04 bits per heavy atom. The molecule has 0 saturated heterocycles. The summed E-state index contributed by atoms with van der Waals surface area (Å²) in [6, 6.07) is 59.8. The van der Waals surface area contributed by atoms with Crippen LogP contribution >= 0.6 is 0 Å². The van der Waals surface area contributed by atoms with Crippen molar-refractivity contribution < 1.29 is 4.42 Å². The molecule has 262 valence electrons. The van der Waals surface area contributed by atoms with Gasteiger partial charge in [-0.1, -0.05) is 159 Å². The predicted octanol–water partition coefficient (Wildman–Crippen LogP) is 13.8. The first-order valence-electron chi connectivity index (χ1n) is 19.1. The number of benzene rings is 8. The first kappa shape index (κ1) is 32.7. The zero-order valence-electron chi connectivity index (χ0n) is 30.5. The van der Waals surface area contributed by atoms with Crippen molar-refractivity contribution in [1.82, 2.24) is 15.0 Å². The first-order chi connectivity index (χ1) is 27.2. The van der Waals surface area contributed by atoms with Gasteiger partial charge < -0.3 is 4.42 Å². The van der Waals surface area contributed by atoms with Crippen LogP contribution in [0.25, 0.3) is 99.9 Å². The van der Waals surface area contributed by atoms with Crippen LogP contribution in [-0.2, 0) is 6.42 Å². The van der Waals surface area contributed by atoms with Crippen LogP contribution in [0, 0.1) is 0 Å². The van der Waals surface area contributed by atoms with Crippen molar-refractivity contribution in [3.05, 3.63) is 175 Å². The molecule has 0 aliphatic heterocycles. The second-order valence-corrected chi connectivity index (χ2v) is 14.3. The van der Waals surface area contributed by atoms with Gasteiger partial charge >= 0.3 is 0 Å². The Labute approximate surface area is 319 Å². The molecule has 2 aromatic heterocycles. The average molecular weight is 708 g/mol. The fourth-order valence-electron chi connectivity index (χ4n) is 7.81. The molecule has 0 amide bonds. The molecule has 0 atom stereocenters. The molecule has 2 heterocycles. The lowest BCUT2D eigenvalue weighted by Crippen LogP contribution is -2.00. The highest BCUT2D eigenvalue weighted by Crippen LogP contribution is 2.41. The van der Waals surface area contributed by atoms with Crippen molar-refractivity contribution in [2.45, 2.75) is 26.2 Å². The van der Waals surface area contributed by atoms with Crippen molar-refractivity contribution >= 4 is 43.5 Å². The van der Waals surface area contributed by atoms with E-state index in [4.69, 9.17) is 19.4 Å². The molecule has 8 aromatic carbocycles. The fraction of sp³-hybridized carbons (Fsp3) is 0.0784. The molecule has 4 heteroatoms. The number of fused-ring (bicyclic) bond motifs is 5. The number of furan rings is 1. The van der Waals surface area contributed by atoms with Crippen LogP contribution in [0.1, 0.15) is 25.3 Å². The van der Waals surface area contributed by atoms with Gasteiger partial charge in [-0.05, 0) is 80.9 Å². The van der Waals surface area contributed by atoms with Gasteiger partial charge in [0.05, 0.1) is 0 Å². The first-order valence-corrected chi connectivity index (χ1v) is 19.1. The maximum absolute atomic E-state index is 6.68. The minimum atomic E-state index is 0.603. The normalized spacial score (nSPS) is 11.6. The van der Waals surface area contributed by atoms with Crippen molar-refractivity contribution in [2.75, 3.05) is 0 Å². The van der Waals surface area contributed by atoms with Gasteiger partial charge in [-0.15, -0.1) is 0 Å². The standard InChI is InChI=1S/C51H37N3O/c1-2-3-12-33-13-9-18-36(29-33)38-24-25-40-32-42(28-26-39(40)30-38)50-52-49(35-15-5-4-6-16-35)53-51(54-50)45-21-11-22-46-47(45)44-20-10-19-43(48(44)55-46)41-27-23-34-14-7-8-17-37(34)31-41/h4-11,13-32H,2-3,12H2,1H3. The molecule has 0 spiro atoms. The molecular weight excluding hydrogens is 671 g/mol. The summed E-state index contributed by atoms with van der Waals surface area (Å²) in [5.74, 6) is 1.85. The minimum Gasteiger partial charge on any atom is -0.455 e. The van der Waals surface area contributed by atoms with E-state index in [-0.39, 0.29) is 0 Å². The summed E-state index contributed by atoms with van der Waals surface area (Å²) in [5.41, 5.74) is 10.4. The molecule has 10 aromatic rings. The van der Waals surface area contributed by atoms with Crippen LogP contribution in [0.15, 0.2) is 174 Å². The quantitative estimate of drug-likeness (QED) is 0.158. The molecular formula is C51H37N3O. The van der Waals surface area contributed by atoms with Crippen LogP contribution in [-0.4, -0.2) is 15.0 Å². The molecule has 4 nitrogen and oxygen atoms in total. The summed E-state index contributed by atoms with van der Waals surface area (Å²) < 4.78 is 6.68. The van der Waals surface area contributed by atoms with Gasteiger partial charge in [-0.2, -0.15) is 0 Å². The zero-order valence-corrected chi connectivity index (χ0v) is 30.5. The van der Waals surface area contributed by atoms with Gasteiger partial charge in [0.15, 0.2) is 17.5 Å². The number of unbranched alkanes of at least 4 members (excludes halogenated alkanes) is 1. The second kappa shape index (κ2) is 13.8. The topological polar surface area (TPSA) is 51.8 Å². The lowest BCUT2D eigenvalue weighted by atomic mass is 9.97. The summed E-state index contributed by atoms with van der Waals surface area (Å²) in [4.78, 5) is 15.4. The summed E-state index contributed by atoms with van der Waals surface area (Å²) in [6.45, 7) is 2.24. The zero-order chi connectivity index (χ0) is 36.7. The highest BCUT2D eigenvalue weighted by molar-refractivity contribution is 6.15. The van der Waals surface area contributed by atoms with Crippen molar-refractivity contribution in [2.24, 2.45) is 0 Å². The van der Waals surface area contributed by atoms with E-state index >= 15 is 0 Å². The van der Waals surface area contributed by atoms with Crippen molar-refractivity contribution in [3.63, 3.8) is 0 Å². The molecule has 0 aliphatic carbocycles. The number of aryl methyl sites for hydroxylation is 1. The van der Waals surface area contributed by atoms with Crippen molar-refractivity contribution in [3.8, 4) is 56.4 Å². The van der Waals surface area contributed by atoms with E-state index in [2.05, 4.69) is 134 Å². The molecule has 0 radical (unpaired) electrons. The lowest BCUT2D eigenvalue weighted by molar-refractivity contribution is 0.670. The van der Waals surface area contributed by atoms with E-state index in [0.29, 0.717) is 17.5 Å². The smallest absolute Gasteiger partial charge is 0.164 e. The highest BCUT2D eigenvalue weighted by atomic mass is 16.3. The van der Waals surface area contributed by atoms with Gasteiger partial charge in [0, 0.05) is 33.0 Å². The van der Waals surface area contributed by atoms with E-state index in [1.807, 2.05) is 42.5 Å². The third-order valence-corrected chi connectivity index (χ3v) is 10.7. The van der Waals surface area contributed by atoms with Gasteiger partial charge in [0.25, 0.3) is 0 Å². The molecule has 55 heavy (non-hydrogen) atoms. The van der Waals surface area contributed by atoms with Crippen LogP contribution in [0.5, 0.6) is 0 Å². The highest BCUT2D eigenvalue weighted by Gasteiger charge is 2.20. The third kappa shape index (κ3) is 6.12. The van der Waals surface area contributed by atoms with Crippen LogP contribution < -0.4 is 0 Å². The van der Waals surface area contributed by atoms with E-state index in [1.54, 1.807) is 0 Å². The number of nitrogens with zero attached hydrogens (tertiary/aromatic N) is 3. The van der Waals surface area contributed by atoms with Crippen molar-refractivity contribution in [1.29, 1.82) is 0 Å². The van der Waals surface area contributed by atoms with E-state index < -0.39 is 0 Å². The second-order valence-electron chi connectivity index (χ2n) is 14.3. The summed E-state index contributed by atoms with van der Waals surface area (Å²) >= 11 is 0. The van der Waals surface area contributed by atoms with Crippen LogP contribution in [0.3, 0.4) is 0 Å². The predicted molar refractivity (Wildman–Crippen MR) is 228 cm³/mol. The van der Waals surface area contributed by atoms with E-state index in [0.717, 1.165) is 61.6 Å². The molecule has 0 aliphatic rings. The molecule has 0 bridgehead atoms. The Morgan fingerprint density at radius 1 is 0.436 bits per heavy atom. The molecule has 0 N–H and O–H groups in total. The molecule has 0 saturated carbocycles. The molecule has 0 unspecified atom stereocenters. The van der Waals surface area contributed by atoms with E-state index in [9.17, 15) is 0 Å². The van der Waals surface area contributed by atoms with Gasteiger partial charge in [0.1, 0.15) is 11.2 Å². The third-order valence-electron chi connectivity index (χ3n) is 10.7. The SMILES string of the molecule is CCCCc1cccc(-c2ccc3cc(-c4nc(-c5ccccc5)nc(-c5cccc6oc7c(-c8ccc9ccccc9c8)cccc7c56)n4)ccc3c2)c1. The summed E-state index contributed by atoms with van der Waals surface area (Å²) in [6.07, 6.45) is 3.51. The molecule has 0 fully saturated rings. The minimum absolute atomic E-state index is 0.603. The molecule has 10 rings (SSSR count). The Balaban J connectivity index is 1.09. The lowest BCUT2D eigenvalue weighted by Gasteiger charge is -2.11. The Hall–Kier alpha value is -6.91. The maximum atomic E-state index is 6.68. The Bertz CT molecular complexity index is 3040. The Kier molecular flexibility index (Phi) is 8.22. The largest absolute Gasteiger partial charge is 0.455 e. The van der Waals surface area contributed by atoms with Crippen LogP contribution in [0.2, 0.25) is 0 Å². The van der Waals surface area contributed by atoms with Gasteiger partial charge in [-0.25, -0.2) is 15.0 Å². The number of hydrogen-bond acceptors (Lipinski definition) is 4. The number of rotatable bonds is 8. The monoisotopic (exact) mass is 707 g/mol. The van der Waals surface area contributed by atoms with Gasteiger partial charge in [-0.3, -0.25) is 0 Å². The van der Waals surface area contributed by atoms with Gasteiger partial charge in [0.2, 0.25) is 0 Å². The number of para-hydroxylation sites is 1. The maximum Gasteiger partial charge on any atom is 0.164 e. The summed E-state index contributed by atoms with van der Waals surface area (Å²) in [5, 5.41) is 6.73. The average Bonchev–Trinajstić information content (AvgIpc) is 3.65.